The highest BCUT2D eigenvalue weighted by Gasteiger charge is 2.21. The fraction of sp³-hybridized carbons (Fsp3) is 0.579. The first-order chi connectivity index (χ1) is 11.5. The van der Waals surface area contributed by atoms with Crippen molar-refractivity contribution in [3.05, 3.63) is 35.4 Å². The zero-order valence-electron chi connectivity index (χ0n) is 15.0. The molecule has 1 unspecified atom stereocenters. The molecule has 0 saturated carbocycles. The number of carbonyl (C=O) groups excluding carboxylic acids is 2. The molecule has 1 fully saturated rings. The van der Waals surface area contributed by atoms with Gasteiger partial charge in [0.1, 0.15) is 0 Å². The maximum atomic E-state index is 12.1. The summed E-state index contributed by atoms with van der Waals surface area (Å²) in [6.45, 7) is 4.81. The van der Waals surface area contributed by atoms with E-state index in [0.717, 1.165) is 31.5 Å². The molecule has 0 aliphatic carbocycles. The molecule has 0 spiro atoms. The van der Waals surface area contributed by atoms with Gasteiger partial charge in [0.15, 0.2) is 0 Å². The molecule has 1 aliphatic rings. The lowest BCUT2D eigenvalue weighted by atomic mass is 9.84. The smallest absolute Gasteiger partial charge is 0.253 e. The van der Waals surface area contributed by atoms with Crippen LogP contribution in [0.25, 0.3) is 0 Å². The molecule has 0 aromatic heterocycles. The molecule has 1 atom stereocenters. The molecule has 1 aliphatic heterocycles. The van der Waals surface area contributed by atoms with Crippen molar-refractivity contribution < 1.29 is 9.59 Å². The number of nitrogens with one attached hydrogen (secondary N) is 2. The van der Waals surface area contributed by atoms with Crippen molar-refractivity contribution >= 4 is 11.8 Å². The molecule has 5 heteroatoms. The van der Waals surface area contributed by atoms with Crippen LogP contribution in [0.3, 0.4) is 0 Å². The molecule has 1 aromatic rings. The fourth-order valence-electron chi connectivity index (χ4n) is 3.17. The van der Waals surface area contributed by atoms with Crippen molar-refractivity contribution in [3.8, 4) is 0 Å². The Bertz CT molecular complexity index is 548. The Morgan fingerprint density at radius 1 is 1.21 bits per heavy atom. The fourth-order valence-corrected chi connectivity index (χ4v) is 3.17. The first-order valence-electron chi connectivity index (χ1n) is 8.75. The predicted molar refractivity (Wildman–Crippen MR) is 95.7 cm³/mol. The summed E-state index contributed by atoms with van der Waals surface area (Å²) in [5, 5.41) is 6.35. The quantitative estimate of drug-likeness (QED) is 0.838. The molecule has 2 rings (SSSR count). The number of amides is 2. The van der Waals surface area contributed by atoms with Gasteiger partial charge in [-0.3, -0.25) is 9.59 Å². The van der Waals surface area contributed by atoms with E-state index in [4.69, 9.17) is 0 Å². The van der Waals surface area contributed by atoms with Crippen LogP contribution in [0.1, 0.15) is 42.1 Å². The average Bonchev–Trinajstić information content (AvgIpc) is 2.60. The van der Waals surface area contributed by atoms with Crippen LogP contribution < -0.4 is 10.6 Å². The second-order valence-corrected chi connectivity index (χ2v) is 6.94. The Morgan fingerprint density at radius 2 is 1.83 bits per heavy atom. The van der Waals surface area contributed by atoms with Crippen LogP contribution >= 0.6 is 0 Å². The van der Waals surface area contributed by atoms with Crippen molar-refractivity contribution in [2.45, 2.75) is 32.7 Å². The summed E-state index contributed by atoms with van der Waals surface area (Å²) in [5.41, 5.74) is 1.67. The van der Waals surface area contributed by atoms with E-state index in [1.54, 1.807) is 19.0 Å². The van der Waals surface area contributed by atoms with Crippen molar-refractivity contribution in [2.75, 3.05) is 27.2 Å². The molecule has 2 N–H and O–H groups in total. The number of rotatable bonds is 6. The molecule has 2 amide bonds. The van der Waals surface area contributed by atoms with Gasteiger partial charge in [-0.2, -0.15) is 0 Å². The van der Waals surface area contributed by atoms with Gasteiger partial charge in [0, 0.05) is 32.6 Å². The van der Waals surface area contributed by atoms with Gasteiger partial charge in [-0.05, 0) is 55.5 Å². The Kier molecular flexibility index (Phi) is 6.79. The van der Waals surface area contributed by atoms with Gasteiger partial charge in [0.05, 0.1) is 0 Å². The van der Waals surface area contributed by atoms with E-state index < -0.39 is 0 Å². The molecular formula is C19H29N3O2. The van der Waals surface area contributed by atoms with Gasteiger partial charge in [0.25, 0.3) is 5.91 Å². The largest absolute Gasteiger partial charge is 0.352 e. The molecule has 24 heavy (non-hydrogen) atoms. The van der Waals surface area contributed by atoms with Crippen LogP contribution in [-0.4, -0.2) is 43.9 Å². The molecular weight excluding hydrogens is 302 g/mol. The lowest BCUT2D eigenvalue weighted by Gasteiger charge is -2.27. The Balaban J connectivity index is 1.77. The summed E-state index contributed by atoms with van der Waals surface area (Å²) in [6.07, 6.45) is 2.91. The van der Waals surface area contributed by atoms with Crippen LogP contribution in [0.2, 0.25) is 0 Å². The molecule has 0 bridgehead atoms. The third kappa shape index (κ3) is 5.34. The maximum absolute atomic E-state index is 12.1. The molecule has 1 aromatic carbocycles. The number of benzene rings is 1. The summed E-state index contributed by atoms with van der Waals surface area (Å²) in [5.74, 6) is 1.16. The lowest BCUT2D eigenvalue weighted by molar-refractivity contribution is -0.122. The standard InChI is InChI=1S/C19H29N3O2/c1-14(16-8-10-20-11-9-16)12-18(23)21-13-15-4-6-17(7-5-15)19(24)22(2)3/h4-7,14,16,20H,8-13H2,1-3H3,(H,21,23). The first kappa shape index (κ1) is 18.5. The number of hydrogen-bond donors (Lipinski definition) is 2. The Hall–Kier alpha value is -1.88. The summed E-state index contributed by atoms with van der Waals surface area (Å²) >= 11 is 0. The third-order valence-corrected chi connectivity index (χ3v) is 4.79. The van der Waals surface area contributed by atoms with Gasteiger partial charge in [-0.15, -0.1) is 0 Å². The minimum Gasteiger partial charge on any atom is -0.352 e. The molecule has 1 saturated heterocycles. The van der Waals surface area contributed by atoms with Gasteiger partial charge >= 0.3 is 0 Å². The van der Waals surface area contributed by atoms with Crippen molar-refractivity contribution in [2.24, 2.45) is 11.8 Å². The Labute approximate surface area is 144 Å². The average molecular weight is 331 g/mol. The zero-order valence-corrected chi connectivity index (χ0v) is 15.0. The van der Waals surface area contributed by atoms with Crippen LogP contribution in [0.4, 0.5) is 0 Å². The summed E-state index contributed by atoms with van der Waals surface area (Å²) in [6, 6.07) is 7.41. The van der Waals surface area contributed by atoms with Crippen molar-refractivity contribution in [3.63, 3.8) is 0 Å². The van der Waals surface area contributed by atoms with E-state index in [2.05, 4.69) is 17.6 Å². The second-order valence-electron chi connectivity index (χ2n) is 6.94. The molecule has 132 valence electrons. The lowest BCUT2D eigenvalue weighted by Crippen LogP contribution is -2.33. The summed E-state index contributed by atoms with van der Waals surface area (Å²) in [4.78, 5) is 25.5. The maximum Gasteiger partial charge on any atom is 0.253 e. The van der Waals surface area contributed by atoms with Crippen molar-refractivity contribution in [1.29, 1.82) is 0 Å². The minimum atomic E-state index is -0.0126. The van der Waals surface area contributed by atoms with E-state index in [1.165, 1.54) is 0 Å². The first-order valence-corrected chi connectivity index (χ1v) is 8.75. The van der Waals surface area contributed by atoms with E-state index in [1.807, 2.05) is 24.3 Å². The monoisotopic (exact) mass is 331 g/mol. The SMILES string of the molecule is CC(CC(=O)NCc1ccc(C(=O)N(C)C)cc1)C1CCNCC1. The van der Waals surface area contributed by atoms with E-state index >= 15 is 0 Å². The second kappa shape index (κ2) is 8.83. The highest BCUT2D eigenvalue weighted by Crippen LogP contribution is 2.24. The van der Waals surface area contributed by atoms with E-state index in [9.17, 15) is 9.59 Å². The van der Waals surface area contributed by atoms with Crippen LogP contribution in [0, 0.1) is 11.8 Å². The molecule has 5 nitrogen and oxygen atoms in total. The highest BCUT2D eigenvalue weighted by atomic mass is 16.2. The van der Waals surface area contributed by atoms with E-state index in [-0.39, 0.29) is 11.8 Å². The molecule has 0 radical (unpaired) electrons. The number of piperidine rings is 1. The third-order valence-electron chi connectivity index (χ3n) is 4.79. The van der Waals surface area contributed by atoms with E-state index in [0.29, 0.717) is 30.4 Å². The van der Waals surface area contributed by atoms with Crippen LogP contribution in [-0.2, 0) is 11.3 Å². The van der Waals surface area contributed by atoms with Gasteiger partial charge < -0.3 is 15.5 Å². The normalized spacial score (nSPS) is 16.5. The number of nitrogens with zero attached hydrogens (tertiary/aromatic N) is 1. The van der Waals surface area contributed by atoms with Gasteiger partial charge in [-0.25, -0.2) is 0 Å². The van der Waals surface area contributed by atoms with Crippen LogP contribution in [0.15, 0.2) is 24.3 Å². The Morgan fingerprint density at radius 3 is 2.42 bits per heavy atom. The topological polar surface area (TPSA) is 61.4 Å². The summed E-state index contributed by atoms with van der Waals surface area (Å²) < 4.78 is 0. The van der Waals surface area contributed by atoms with Crippen LogP contribution in [0.5, 0.6) is 0 Å². The highest BCUT2D eigenvalue weighted by molar-refractivity contribution is 5.93. The number of carbonyl (C=O) groups is 2. The minimum absolute atomic E-state index is 0.0126. The van der Waals surface area contributed by atoms with Gasteiger partial charge in [-0.1, -0.05) is 19.1 Å². The summed E-state index contributed by atoms with van der Waals surface area (Å²) in [7, 11) is 3.47. The van der Waals surface area contributed by atoms with Crippen molar-refractivity contribution in [1.82, 2.24) is 15.5 Å². The zero-order chi connectivity index (χ0) is 17.5. The molecule has 1 heterocycles. The van der Waals surface area contributed by atoms with Gasteiger partial charge in [0.2, 0.25) is 5.91 Å². The number of hydrogen-bond acceptors (Lipinski definition) is 3. The predicted octanol–water partition coefficient (Wildman–Crippen LogP) is 2.03.